The molecule has 0 saturated carbocycles. The quantitative estimate of drug-likeness (QED) is 0.612. The van der Waals surface area contributed by atoms with Gasteiger partial charge in [-0.1, -0.05) is 47.6 Å². The Kier molecular flexibility index (Phi) is 6.32. The third kappa shape index (κ3) is 4.55. The van der Waals surface area contributed by atoms with Gasteiger partial charge in [0.15, 0.2) is 5.76 Å². The number of sulfonamides is 1. The van der Waals surface area contributed by atoms with Crippen LogP contribution in [0.5, 0.6) is 0 Å². The standard InChI is InChI=1S/C23H28N4O4S/c1-16-22(18(3)31-24-16)32(29,30)25-17(2)23(28)27-13-11-26(12-14-27)15-20-9-6-8-19-7-4-5-10-21(19)20/h4-10,17,25H,11-15H2,1-3H3/t17-/m0/s1. The molecule has 1 amide bonds. The number of amides is 1. The lowest BCUT2D eigenvalue weighted by atomic mass is 10.0. The van der Waals surface area contributed by atoms with Gasteiger partial charge in [0.2, 0.25) is 15.9 Å². The minimum Gasteiger partial charge on any atom is -0.360 e. The van der Waals surface area contributed by atoms with Gasteiger partial charge in [0.1, 0.15) is 10.6 Å². The fourth-order valence-corrected chi connectivity index (χ4v) is 5.80. The second kappa shape index (κ2) is 9.01. The highest BCUT2D eigenvalue weighted by atomic mass is 32.2. The summed E-state index contributed by atoms with van der Waals surface area (Å²) in [4.78, 5) is 16.9. The smallest absolute Gasteiger partial charge is 0.246 e. The van der Waals surface area contributed by atoms with Gasteiger partial charge >= 0.3 is 0 Å². The first kappa shape index (κ1) is 22.4. The second-order valence-corrected chi connectivity index (χ2v) is 9.89. The maximum absolute atomic E-state index is 12.9. The molecule has 1 aliphatic heterocycles. The van der Waals surface area contributed by atoms with Crippen molar-refractivity contribution in [3.63, 3.8) is 0 Å². The summed E-state index contributed by atoms with van der Waals surface area (Å²) in [5.74, 6) is -0.0261. The molecule has 0 aliphatic carbocycles. The van der Waals surface area contributed by atoms with Gasteiger partial charge in [0.25, 0.3) is 0 Å². The zero-order valence-electron chi connectivity index (χ0n) is 18.5. The molecule has 9 heteroatoms. The van der Waals surface area contributed by atoms with Gasteiger partial charge in [-0.2, -0.15) is 4.72 Å². The van der Waals surface area contributed by atoms with Crippen molar-refractivity contribution in [3.8, 4) is 0 Å². The number of benzene rings is 2. The molecule has 2 heterocycles. The van der Waals surface area contributed by atoms with Gasteiger partial charge in [-0.3, -0.25) is 9.69 Å². The average Bonchev–Trinajstić information content (AvgIpc) is 3.12. The number of piperazine rings is 1. The highest BCUT2D eigenvalue weighted by molar-refractivity contribution is 7.89. The van der Waals surface area contributed by atoms with Gasteiger partial charge < -0.3 is 9.42 Å². The number of nitrogens with one attached hydrogen (secondary N) is 1. The summed E-state index contributed by atoms with van der Waals surface area (Å²) in [7, 11) is -3.90. The Morgan fingerprint density at radius 2 is 1.78 bits per heavy atom. The van der Waals surface area contributed by atoms with E-state index in [1.807, 2.05) is 12.1 Å². The number of hydrogen-bond donors (Lipinski definition) is 1. The molecule has 4 rings (SSSR count). The molecule has 8 nitrogen and oxygen atoms in total. The van der Waals surface area contributed by atoms with E-state index in [1.165, 1.54) is 23.3 Å². The Labute approximate surface area is 188 Å². The molecule has 1 aromatic heterocycles. The number of hydrogen-bond acceptors (Lipinski definition) is 6. The topological polar surface area (TPSA) is 95.8 Å². The van der Waals surface area contributed by atoms with E-state index >= 15 is 0 Å². The fraction of sp³-hybridized carbons (Fsp3) is 0.391. The van der Waals surface area contributed by atoms with Gasteiger partial charge in [-0.05, 0) is 37.1 Å². The number of fused-ring (bicyclic) bond motifs is 1. The van der Waals surface area contributed by atoms with Crippen molar-refractivity contribution in [3.05, 3.63) is 59.5 Å². The lowest BCUT2D eigenvalue weighted by molar-refractivity contribution is -0.134. The van der Waals surface area contributed by atoms with Crippen molar-refractivity contribution in [2.75, 3.05) is 26.2 Å². The SMILES string of the molecule is Cc1noc(C)c1S(=O)(=O)N[C@@H](C)C(=O)N1CCN(Cc2cccc3ccccc23)CC1. The molecule has 0 spiro atoms. The van der Waals surface area contributed by atoms with Gasteiger partial charge in [0.05, 0.1) is 6.04 Å². The Hall–Kier alpha value is -2.75. The van der Waals surface area contributed by atoms with E-state index in [2.05, 4.69) is 45.1 Å². The number of carbonyl (C=O) groups is 1. The molecule has 0 unspecified atom stereocenters. The van der Waals surface area contributed by atoms with Gasteiger partial charge in [-0.15, -0.1) is 0 Å². The van der Waals surface area contributed by atoms with E-state index in [9.17, 15) is 13.2 Å². The number of carbonyl (C=O) groups excluding carboxylic acids is 1. The monoisotopic (exact) mass is 456 g/mol. The zero-order chi connectivity index (χ0) is 22.9. The van der Waals surface area contributed by atoms with Crippen LogP contribution in [0.15, 0.2) is 51.9 Å². The van der Waals surface area contributed by atoms with Gasteiger partial charge in [-0.25, -0.2) is 8.42 Å². The molecule has 32 heavy (non-hydrogen) atoms. The zero-order valence-corrected chi connectivity index (χ0v) is 19.4. The van der Waals surface area contributed by atoms with Crippen molar-refractivity contribution in [1.29, 1.82) is 0 Å². The summed E-state index contributed by atoms with van der Waals surface area (Å²) in [5.41, 5.74) is 1.54. The predicted molar refractivity (Wildman–Crippen MR) is 122 cm³/mol. The molecule has 1 saturated heterocycles. The average molecular weight is 457 g/mol. The third-order valence-corrected chi connectivity index (χ3v) is 7.68. The third-order valence-electron chi connectivity index (χ3n) is 5.90. The van der Waals surface area contributed by atoms with E-state index in [0.717, 1.165) is 19.6 Å². The predicted octanol–water partition coefficient (Wildman–Crippen LogP) is 2.46. The van der Waals surface area contributed by atoms with Crippen LogP contribution in [-0.2, 0) is 21.4 Å². The number of rotatable bonds is 6. The molecule has 2 aromatic carbocycles. The van der Waals surface area contributed by atoms with Crippen LogP contribution in [0.25, 0.3) is 10.8 Å². The Bertz CT molecular complexity index is 1210. The van der Waals surface area contributed by atoms with E-state index in [0.29, 0.717) is 13.1 Å². The molecule has 1 N–H and O–H groups in total. The van der Waals surface area contributed by atoms with Crippen LogP contribution in [0.1, 0.15) is 23.9 Å². The number of nitrogens with zero attached hydrogens (tertiary/aromatic N) is 3. The minimum absolute atomic E-state index is 0.00273. The normalized spacial score (nSPS) is 16.4. The van der Waals surface area contributed by atoms with Crippen molar-refractivity contribution < 1.29 is 17.7 Å². The lowest BCUT2D eigenvalue weighted by Crippen LogP contribution is -2.53. The van der Waals surface area contributed by atoms with Crippen molar-refractivity contribution in [2.24, 2.45) is 0 Å². The van der Waals surface area contributed by atoms with Crippen LogP contribution in [0, 0.1) is 13.8 Å². The molecule has 0 radical (unpaired) electrons. The molecule has 0 bridgehead atoms. The summed E-state index contributed by atoms with van der Waals surface area (Å²) in [6, 6.07) is 13.8. The highest BCUT2D eigenvalue weighted by Crippen LogP contribution is 2.21. The fourth-order valence-electron chi connectivity index (χ4n) is 4.27. The van der Waals surface area contributed by atoms with E-state index < -0.39 is 16.1 Å². The van der Waals surface area contributed by atoms with Crippen molar-refractivity contribution in [2.45, 2.75) is 38.3 Å². The Balaban J connectivity index is 1.36. The van der Waals surface area contributed by atoms with Crippen LogP contribution >= 0.6 is 0 Å². The molecule has 170 valence electrons. The number of aromatic nitrogens is 1. The maximum Gasteiger partial charge on any atom is 0.246 e. The summed E-state index contributed by atoms with van der Waals surface area (Å²) in [5, 5.41) is 6.16. The summed E-state index contributed by atoms with van der Waals surface area (Å²) in [6.07, 6.45) is 0. The van der Waals surface area contributed by atoms with E-state index in [-0.39, 0.29) is 22.3 Å². The molecular weight excluding hydrogens is 428 g/mol. The Morgan fingerprint density at radius 3 is 2.47 bits per heavy atom. The van der Waals surface area contributed by atoms with Crippen molar-refractivity contribution >= 4 is 26.7 Å². The van der Waals surface area contributed by atoms with E-state index in [1.54, 1.807) is 18.7 Å². The first-order valence-electron chi connectivity index (χ1n) is 10.7. The highest BCUT2D eigenvalue weighted by Gasteiger charge is 2.31. The van der Waals surface area contributed by atoms with Crippen LogP contribution < -0.4 is 4.72 Å². The molecular formula is C23H28N4O4S. The van der Waals surface area contributed by atoms with Crippen molar-refractivity contribution in [1.82, 2.24) is 19.7 Å². The van der Waals surface area contributed by atoms with Crippen LogP contribution in [0.2, 0.25) is 0 Å². The first-order valence-corrected chi connectivity index (χ1v) is 12.2. The number of aryl methyl sites for hydroxylation is 2. The minimum atomic E-state index is -3.90. The van der Waals surface area contributed by atoms with Crippen LogP contribution in [0.3, 0.4) is 0 Å². The Morgan fingerprint density at radius 1 is 1.09 bits per heavy atom. The summed E-state index contributed by atoms with van der Waals surface area (Å²) < 4.78 is 32.8. The second-order valence-electron chi connectivity index (χ2n) is 8.24. The summed E-state index contributed by atoms with van der Waals surface area (Å²) >= 11 is 0. The largest absolute Gasteiger partial charge is 0.360 e. The lowest BCUT2D eigenvalue weighted by Gasteiger charge is -2.36. The maximum atomic E-state index is 12.9. The van der Waals surface area contributed by atoms with Crippen LogP contribution in [-0.4, -0.2) is 61.5 Å². The molecule has 1 atom stereocenters. The van der Waals surface area contributed by atoms with Crippen LogP contribution in [0.4, 0.5) is 0 Å². The summed E-state index contributed by atoms with van der Waals surface area (Å²) in [6.45, 7) is 8.07. The molecule has 1 aliphatic rings. The first-order chi connectivity index (χ1) is 15.3. The van der Waals surface area contributed by atoms with E-state index in [4.69, 9.17) is 4.52 Å². The molecule has 3 aromatic rings. The van der Waals surface area contributed by atoms with Gasteiger partial charge in [0, 0.05) is 32.7 Å². The molecule has 1 fully saturated rings.